The second-order valence-electron chi connectivity index (χ2n) is 5.40. The summed E-state index contributed by atoms with van der Waals surface area (Å²) in [5.74, 6) is 0.284. The van der Waals surface area contributed by atoms with Crippen LogP contribution in [0, 0.1) is 3.70 Å². The lowest BCUT2D eigenvalue weighted by Crippen LogP contribution is -2.10. The Bertz CT molecular complexity index is 978. The van der Waals surface area contributed by atoms with Crippen LogP contribution in [0.1, 0.15) is 28.8 Å². The maximum Gasteiger partial charge on any atom is 0.358 e. The number of carbonyl (C=O) groups excluding carboxylic acids is 1. The molecule has 0 unspecified atom stereocenters. The molecule has 1 aromatic carbocycles. The number of nitrogens with zero attached hydrogens (tertiary/aromatic N) is 5. The first-order valence-corrected chi connectivity index (χ1v) is 8.74. The monoisotopic (exact) mass is 451 g/mol. The van der Waals surface area contributed by atoms with Crippen molar-refractivity contribution in [2.45, 2.75) is 13.3 Å². The van der Waals surface area contributed by atoms with Gasteiger partial charge in [0.2, 0.25) is 0 Å². The Morgan fingerprint density at radius 1 is 1.32 bits per heavy atom. The first-order chi connectivity index (χ1) is 12.1. The number of esters is 1. The molecule has 1 aliphatic heterocycles. The minimum Gasteiger partial charge on any atom is -0.497 e. The van der Waals surface area contributed by atoms with Crippen molar-refractivity contribution in [1.29, 1.82) is 0 Å². The number of benzene rings is 1. The Kier molecular flexibility index (Phi) is 3.94. The van der Waals surface area contributed by atoms with E-state index in [0.29, 0.717) is 24.5 Å². The van der Waals surface area contributed by atoms with Gasteiger partial charge in [-0.15, -0.1) is 5.10 Å². The predicted octanol–water partition coefficient (Wildman–Crippen LogP) is 2.15. The number of aromatic nitrogens is 5. The van der Waals surface area contributed by atoms with Crippen molar-refractivity contribution >= 4 is 28.6 Å². The van der Waals surface area contributed by atoms with E-state index in [1.165, 1.54) is 0 Å². The molecule has 4 rings (SSSR count). The van der Waals surface area contributed by atoms with Crippen molar-refractivity contribution in [3.8, 4) is 17.1 Å². The summed E-state index contributed by atoms with van der Waals surface area (Å²) < 4.78 is 14.9. The van der Waals surface area contributed by atoms with Crippen LogP contribution < -0.4 is 4.74 Å². The topological polar surface area (TPSA) is 84.1 Å². The smallest absolute Gasteiger partial charge is 0.358 e. The number of ether oxygens (including phenoxy) is 2. The molecule has 0 radical (unpaired) electrons. The van der Waals surface area contributed by atoms with Crippen molar-refractivity contribution in [2.75, 3.05) is 13.7 Å². The Balaban J connectivity index is 1.98. The molecule has 128 valence electrons. The molecule has 0 spiro atoms. The summed E-state index contributed by atoms with van der Waals surface area (Å²) in [5, 5.41) is 8.44. The summed E-state index contributed by atoms with van der Waals surface area (Å²) in [6.45, 7) is 2.08. The third kappa shape index (κ3) is 2.49. The first-order valence-electron chi connectivity index (χ1n) is 7.66. The fourth-order valence-corrected chi connectivity index (χ4v) is 3.42. The zero-order valence-corrected chi connectivity index (χ0v) is 15.7. The van der Waals surface area contributed by atoms with Crippen LogP contribution in [0.3, 0.4) is 0 Å². The minimum absolute atomic E-state index is 0.302. The number of halogens is 1. The van der Waals surface area contributed by atoms with Crippen LogP contribution in [-0.2, 0) is 11.2 Å². The Hall–Kier alpha value is -2.43. The molecule has 0 aliphatic carbocycles. The molecule has 0 saturated carbocycles. The molecule has 0 amide bonds. The van der Waals surface area contributed by atoms with Gasteiger partial charge < -0.3 is 9.47 Å². The van der Waals surface area contributed by atoms with E-state index in [0.717, 1.165) is 26.5 Å². The number of fused-ring (bicyclic) bond motifs is 5. The van der Waals surface area contributed by atoms with Crippen molar-refractivity contribution in [3.05, 3.63) is 45.3 Å². The molecule has 3 heterocycles. The van der Waals surface area contributed by atoms with Gasteiger partial charge in [-0.3, -0.25) is 4.57 Å². The second kappa shape index (κ2) is 6.14. The van der Waals surface area contributed by atoms with Gasteiger partial charge in [0.15, 0.2) is 5.69 Å². The van der Waals surface area contributed by atoms with Crippen LogP contribution in [0.4, 0.5) is 0 Å². The standard InChI is InChI=1S/C16H14IN5O3/c1-3-25-16(23)14-12-7-13-15(17)19-20-22(13)11-6-9(24-2)4-5-10(11)21(12)8-18-14/h4-6,8H,3,7H2,1-2H3. The lowest BCUT2D eigenvalue weighted by atomic mass is 10.2. The number of imidazole rings is 1. The number of carbonyl (C=O) groups is 1. The van der Waals surface area contributed by atoms with Crippen LogP contribution in [0.2, 0.25) is 0 Å². The third-order valence-electron chi connectivity index (χ3n) is 4.06. The van der Waals surface area contributed by atoms with Gasteiger partial charge in [0.05, 0.1) is 36.5 Å². The van der Waals surface area contributed by atoms with E-state index in [1.54, 1.807) is 25.0 Å². The fraction of sp³-hybridized carbons (Fsp3) is 0.250. The highest BCUT2D eigenvalue weighted by Gasteiger charge is 2.28. The van der Waals surface area contributed by atoms with Crippen LogP contribution in [0.25, 0.3) is 11.4 Å². The van der Waals surface area contributed by atoms with Crippen LogP contribution in [0.15, 0.2) is 24.5 Å². The zero-order chi connectivity index (χ0) is 17.6. The third-order valence-corrected chi connectivity index (χ3v) is 4.89. The predicted molar refractivity (Wildman–Crippen MR) is 96.5 cm³/mol. The number of hydrogen-bond donors (Lipinski definition) is 0. The van der Waals surface area contributed by atoms with Crippen LogP contribution in [0.5, 0.6) is 5.75 Å². The summed E-state index contributed by atoms with van der Waals surface area (Å²) in [6, 6.07) is 5.67. The Morgan fingerprint density at radius 3 is 2.92 bits per heavy atom. The summed E-state index contributed by atoms with van der Waals surface area (Å²) in [4.78, 5) is 16.6. The van der Waals surface area contributed by atoms with Gasteiger partial charge in [-0.2, -0.15) is 0 Å². The minimum atomic E-state index is -0.428. The molecule has 3 aromatic rings. The van der Waals surface area contributed by atoms with Gasteiger partial charge in [0.1, 0.15) is 15.8 Å². The highest BCUT2D eigenvalue weighted by atomic mass is 127. The average Bonchev–Trinajstić information content (AvgIpc) is 3.16. The van der Waals surface area contributed by atoms with Crippen molar-refractivity contribution in [3.63, 3.8) is 0 Å². The lowest BCUT2D eigenvalue weighted by molar-refractivity contribution is 0.0519. The van der Waals surface area contributed by atoms with E-state index in [1.807, 2.05) is 22.8 Å². The largest absolute Gasteiger partial charge is 0.497 e. The molecule has 1 aliphatic rings. The van der Waals surface area contributed by atoms with E-state index >= 15 is 0 Å². The molecule has 0 bridgehead atoms. The molecule has 0 N–H and O–H groups in total. The van der Waals surface area contributed by atoms with Crippen LogP contribution >= 0.6 is 22.6 Å². The second-order valence-corrected chi connectivity index (χ2v) is 6.42. The van der Waals surface area contributed by atoms with Gasteiger partial charge in [-0.1, -0.05) is 5.21 Å². The highest BCUT2D eigenvalue weighted by Crippen LogP contribution is 2.32. The number of rotatable bonds is 3. The molecule has 0 saturated heterocycles. The Labute approximate surface area is 156 Å². The number of methoxy groups -OCH3 is 1. The zero-order valence-electron chi connectivity index (χ0n) is 13.6. The van der Waals surface area contributed by atoms with E-state index in [4.69, 9.17) is 9.47 Å². The first kappa shape index (κ1) is 16.1. The molecule has 8 nitrogen and oxygen atoms in total. The SMILES string of the molecule is CCOC(=O)c1ncn2c1Cc1c(I)nnn1-c1cc(OC)ccc1-2. The Morgan fingerprint density at radius 2 is 2.16 bits per heavy atom. The van der Waals surface area contributed by atoms with Crippen molar-refractivity contribution in [2.24, 2.45) is 0 Å². The summed E-state index contributed by atoms with van der Waals surface area (Å²) in [6.07, 6.45) is 2.11. The molecular weight excluding hydrogens is 437 g/mol. The van der Waals surface area contributed by atoms with Gasteiger partial charge >= 0.3 is 5.97 Å². The van der Waals surface area contributed by atoms with Gasteiger partial charge in [0.25, 0.3) is 0 Å². The fourth-order valence-electron chi connectivity index (χ4n) is 2.91. The average molecular weight is 451 g/mol. The highest BCUT2D eigenvalue weighted by molar-refractivity contribution is 14.1. The summed E-state index contributed by atoms with van der Waals surface area (Å²) >= 11 is 2.14. The van der Waals surface area contributed by atoms with Gasteiger partial charge in [0, 0.05) is 12.5 Å². The molecular formula is C16H14IN5O3. The summed E-state index contributed by atoms with van der Waals surface area (Å²) in [7, 11) is 1.62. The van der Waals surface area contributed by atoms with E-state index < -0.39 is 5.97 Å². The lowest BCUT2D eigenvalue weighted by Gasteiger charge is -2.11. The van der Waals surface area contributed by atoms with Crippen LogP contribution in [-0.4, -0.2) is 44.2 Å². The molecule has 25 heavy (non-hydrogen) atoms. The molecule has 2 aromatic heterocycles. The van der Waals surface area contributed by atoms with Crippen molar-refractivity contribution in [1.82, 2.24) is 24.5 Å². The van der Waals surface area contributed by atoms with E-state index in [2.05, 4.69) is 37.9 Å². The van der Waals surface area contributed by atoms with E-state index in [-0.39, 0.29) is 0 Å². The maximum atomic E-state index is 12.3. The molecule has 0 fully saturated rings. The quantitative estimate of drug-likeness (QED) is 0.351. The van der Waals surface area contributed by atoms with Gasteiger partial charge in [-0.05, 0) is 41.6 Å². The van der Waals surface area contributed by atoms with E-state index in [9.17, 15) is 4.79 Å². The molecule has 0 atom stereocenters. The maximum absolute atomic E-state index is 12.3. The molecule has 9 heteroatoms. The van der Waals surface area contributed by atoms with Gasteiger partial charge in [-0.25, -0.2) is 14.5 Å². The normalized spacial score (nSPS) is 12.0. The number of hydrogen-bond acceptors (Lipinski definition) is 6. The summed E-state index contributed by atoms with van der Waals surface area (Å²) in [5.41, 5.74) is 3.62. The van der Waals surface area contributed by atoms with Crippen molar-refractivity contribution < 1.29 is 14.3 Å².